The standard InChI is InChI=1S/C12H16F3N3O/c1-7-3-4-9(5-8(7)2)18-6-10(16-17-18)11(19)12(13,14)15/h6-9H,3-5H2,1-2H3. The van der Waals surface area contributed by atoms with Gasteiger partial charge in [-0.15, -0.1) is 5.10 Å². The Bertz CT molecular complexity index is 469. The lowest BCUT2D eigenvalue weighted by Crippen LogP contribution is -2.24. The zero-order chi connectivity index (χ0) is 14.2. The maximum atomic E-state index is 12.3. The van der Waals surface area contributed by atoms with Crippen LogP contribution in [0.5, 0.6) is 0 Å². The molecule has 0 saturated heterocycles. The van der Waals surface area contributed by atoms with E-state index in [1.165, 1.54) is 4.68 Å². The van der Waals surface area contributed by atoms with Crippen molar-refractivity contribution in [1.29, 1.82) is 0 Å². The van der Waals surface area contributed by atoms with Crippen molar-refractivity contribution in [1.82, 2.24) is 15.0 Å². The Morgan fingerprint density at radius 3 is 2.58 bits per heavy atom. The molecule has 0 aromatic carbocycles. The van der Waals surface area contributed by atoms with Crippen LogP contribution in [0.4, 0.5) is 13.2 Å². The number of carbonyl (C=O) groups excluding carboxylic acids is 1. The van der Waals surface area contributed by atoms with Crippen molar-refractivity contribution in [2.75, 3.05) is 0 Å². The molecular formula is C12H16F3N3O. The molecule has 0 radical (unpaired) electrons. The SMILES string of the molecule is CC1CCC(n2cc(C(=O)C(F)(F)F)nn2)CC1C. The van der Waals surface area contributed by atoms with Gasteiger partial charge in [0.1, 0.15) is 0 Å². The topological polar surface area (TPSA) is 47.8 Å². The highest BCUT2D eigenvalue weighted by Gasteiger charge is 2.41. The van der Waals surface area contributed by atoms with Gasteiger partial charge in [0, 0.05) is 0 Å². The van der Waals surface area contributed by atoms with Crippen molar-refractivity contribution in [3.63, 3.8) is 0 Å². The molecule has 1 aromatic rings. The third-order valence-electron chi connectivity index (χ3n) is 3.95. The van der Waals surface area contributed by atoms with Gasteiger partial charge in [-0.1, -0.05) is 19.1 Å². The third-order valence-corrected chi connectivity index (χ3v) is 3.95. The second-order valence-corrected chi connectivity index (χ2v) is 5.33. The molecule has 0 spiro atoms. The van der Waals surface area contributed by atoms with Crippen molar-refractivity contribution >= 4 is 5.78 Å². The summed E-state index contributed by atoms with van der Waals surface area (Å²) in [6.07, 6.45) is -1.06. The Balaban J connectivity index is 2.12. The van der Waals surface area contributed by atoms with E-state index in [0.29, 0.717) is 11.8 Å². The van der Waals surface area contributed by atoms with Gasteiger partial charge in [0.05, 0.1) is 12.2 Å². The molecule has 3 atom stereocenters. The first-order chi connectivity index (χ1) is 8.79. The maximum absolute atomic E-state index is 12.3. The monoisotopic (exact) mass is 275 g/mol. The Morgan fingerprint density at radius 2 is 2.00 bits per heavy atom. The van der Waals surface area contributed by atoms with E-state index in [1.54, 1.807) is 0 Å². The fourth-order valence-corrected chi connectivity index (χ4v) is 2.46. The van der Waals surface area contributed by atoms with E-state index in [4.69, 9.17) is 0 Å². The molecule has 106 valence electrons. The number of halogens is 3. The molecule has 3 unspecified atom stereocenters. The number of aromatic nitrogens is 3. The first kappa shape index (κ1) is 14.0. The molecule has 4 nitrogen and oxygen atoms in total. The van der Waals surface area contributed by atoms with Crippen LogP contribution in [-0.4, -0.2) is 27.0 Å². The predicted octanol–water partition coefficient (Wildman–Crippen LogP) is 3.02. The van der Waals surface area contributed by atoms with Crippen LogP contribution in [0.1, 0.15) is 49.6 Å². The van der Waals surface area contributed by atoms with Crippen LogP contribution in [0.3, 0.4) is 0 Å². The largest absolute Gasteiger partial charge is 0.456 e. The number of alkyl halides is 3. The lowest BCUT2D eigenvalue weighted by Gasteiger charge is -2.31. The fraction of sp³-hybridized carbons (Fsp3) is 0.750. The molecule has 7 heteroatoms. The molecule has 0 bridgehead atoms. The first-order valence-corrected chi connectivity index (χ1v) is 6.32. The zero-order valence-electron chi connectivity index (χ0n) is 10.8. The third kappa shape index (κ3) is 2.96. The molecular weight excluding hydrogens is 259 g/mol. The van der Waals surface area contributed by atoms with Crippen LogP contribution in [0, 0.1) is 11.8 Å². The van der Waals surface area contributed by atoms with Gasteiger partial charge >= 0.3 is 6.18 Å². The predicted molar refractivity (Wildman–Crippen MR) is 61.6 cm³/mol. The molecule has 19 heavy (non-hydrogen) atoms. The van der Waals surface area contributed by atoms with Crippen LogP contribution < -0.4 is 0 Å². The van der Waals surface area contributed by atoms with E-state index < -0.39 is 17.7 Å². The Hall–Kier alpha value is -1.40. The van der Waals surface area contributed by atoms with E-state index in [0.717, 1.165) is 25.5 Å². The van der Waals surface area contributed by atoms with Gasteiger partial charge in [-0.25, -0.2) is 4.68 Å². The van der Waals surface area contributed by atoms with Crippen molar-refractivity contribution in [2.24, 2.45) is 11.8 Å². The maximum Gasteiger partial charge on any atom is 0.456 e. The van der Waals surface area contributed by atoms with E-state index in [1.807, 2.05) is 0 Å². The Morgan fingerprint density at radius 1 is 1.32 bits per heavy atom. The minimum atomic E-state index is -4.89. The minimum absolute atomic E-state index is 0.0356. The summed E-state index contributed by atoms with van der Waals surface area (Å²) in [6.45, 7) is 4.29. The van der Waals surface area contributed by atoms with Gasteiger partial charge in [0.15, 0.2) is 5.69 Å². The van der Waals surface area contributed by atoms with E-state index in [9.17, 15) is 18.0 Å². The van der Waals surface area contributed by atoms with Gasteiger partial charge in [-0.05, 0) is 31.1 Å². The van der Waals surface area contributed by atoms with Crippen LogP contribution in [0.25, 0.3) is 0 Å². The van der Waals surface area contributed by atoms with Crippen LogP contribution >= 0.6 is 0 Å². The second kappa shape index (κ2) is 4.94. The molecule has 0 amide bonds. The molecule has 1 heterocycles. The molecule has 1 aliphatic carbocycles. The van der Waals surface area contributed by atoms with Crippen molar-refractivity contribution in [2.45, 2.75) is 45.3 Å². The number of ketones is 1. The van der Waals surface area contributed by atoms with Gasteiger partial charge in [-0.2, -0.15) is 13.2 Å². The van der Waals surface area contributed by atoms with Crippen LogP contribution in [0.15, 0.2) is 6.20 Å². The summed E-state index contributed by atoms with van der Waals surface area (Å²) in [5.41, 5.74) is -0.626. The number of hydrogen-bond donors (Lipinski definition) is 0. The lowest BCUT2D eigenvalue weighted by molar-refractivity contribution is -0.0888. The fourth-order valence-electron chi connectivity index (χ4n) is 2.46. The summed E-state index contributed by atoms with van der Waals surface area (Å²) in [4.78, 5) is 11.0. The Labute approximate surface area is 109 Å². The molecule has 1 aliphatic rings. The average molecular weight is 275 g/mol. The summed E-state index contributed by atoms with van der Waals surface area (Å²) >= 11 is 0. The molecule has 1 saturated carbocycles. The van der Waals surface area contributed by atoms with Crippen molar-refractivity contribution in [3.8, 4) is 0 Å². The summed E-state index contributed by atoms with van der Waals surface area (Å²) in [6, 6.07) is 0.0356. The molecule has 1 fully saturated rings. The normalized spacial score (nSPS) is 28.4. The van der Waals surface area contributed by atoms with E-state index >= 15 is 0 Å². The molecule has 1 aromatic heterocycles. The summed E-state index contributed by atoms with van der Waals surface area (Å²) < 4.78 is 38.2. The summed E-state index contributed by atoms with van der Waals surface area (Å²) in [5.74, 6) is -0.836. The average Bonchev–Trinajstić information content (AvgIpc) is 2.79. The highest BCUT2D eigenvalue weighted by atomic mass is 19.4. The van der Waals surface area contributed by atoms with Crippen molar-refractivity contribution < 1.29 is 18.0 Å². The molecule has 2 rings (SSSR count). The number of carbonyl (C=O) groups is 1. The smallest absolute Gasteiger partial charge is 0.282 e. The van der Waals surface area contributed by atoms with Crippen LogP contribution in [0.2, 0.25) is 0 Å². The van der Waals surface area contributed by atoms with Gasteiger partial charge in [0.25, 0.3) is 5.78 Å². The van der Waals surface area contributed by atoms with Crippen LogP contribution in [-0.2, 0) is 0 Å². The Kier molecular flexibility index (Phi) is 3.64. The molecule has 0 aliphatic heterocycles. The minimum Gasteiger partial charge on any atom is -0.282 e. The summed E-state index contributed by atoms with van der Waals surface area (Å²) in [5, 5.41) is 7.03. The number of hydrogen-bond acceptors (Lipinski definition) is 3. The second-order valence-electron chi connectivity index (χ2n) is 5.33. The van der Waals surface area contributed by atoms with E-state index in [-0.39, 0.29) is 6.04 Å². The van der Waals surface area contributed by atoms with Gasteiger partial charge < -0.3 is 0 Å². The number of Topliss-reactive ketones (excluding diaryl/α,β-unsaturated/α-hetero) is 1. The highest BCUT2D eigenvalue weighted by molar-refractivity contribution is 5.98. The molecule has 0 N–H and O–H groups in total. The zero-order valence-corrected chi connectivity index (χ0v) is 10.8. The highest BCUT2D eigenvalue weighted by Crippen LogP contribution is 2.35. The van der Waals surface area contributed by atoms with E-state index in [2.05, 4.69) is 24.2 Å². The van der Waals surface area contributed by atoms with Gasteiger partial charge in [-0.3, -0.25) is 4.79 Å². The van der Waals surface area contributed by atoms with Gasteiger partial charge in [0.2, 0.25) is 0 Å². The number of nitrogens with zero attached hydrogens (tertiary/aromatic N) is 3. The lowest BCUT2D eigenvalue weighted by atomic mass is 9.79. The number of rotatable bonds is 2. The van der Waals surface area contributed by atoms with Crippen molar-refractivity contribution in [3.05, 3.63) is 11.9 Å². The first-order valence-electron chi connectivity index (χ1n) is 6.32. The summed E-state index contributed by atoms with van der Waals surface area (Å²) in [7, 11) is 0. The quantitative estimate of drug-likeness (QED) is 0.779.